The van der Waals surface area contributed by atoms with E-state index in [1.807, 2.05) is 6.08 Å². The molecule has 2 aliphatic heterocycles. The Labute approximate surface area is 165 Å². The van der Waals surface area contributed by atoms with E-state index >= 15 is 0 Å². The van der Waals surface area contributed by atoms with Crippen molar-refractivity contribution in [3.05, 3.63) is 41.8 Å². The number of benzene rings is 1. The Balaban J connectivity index is 1.38. The highest BCUT2D eigenvalue weighted by Gasteiger charge is 2.27. The number of aliphatic carboxylic acids is 1. The molecule has 0 amide bonds. The van der Waals surface area contributed by atoms with Crippen LogP contribution in [0.4, 0.5) is 5.69 Å². The number of rotatable bonds is 5. The van der Waals surface area contributed by atoms with Crippen molar-refractivity contribution in [2.24, 2.45) is 5.92 Å². The molecule has 28 heavy (non-hydrogen) atoms. The zero-order chi connectivity index (χ0) is 19.5. The summed E-state index contributed by atoms with van der Waals surface area (Å²) < 4.78 is 12.1. The van der Waals surface area contributed by atoms with Crippen LogP contribution >= 0.6 is 0 Å². The molecule has 1 unspecified atom stereocenters. The third-order valence-electron chi connectivity index (χ3n) is 5.83. The van der Waals surface area contributed by atoms with Gasteiger partial charge in [-0.25, -0.2) is 0 Å². The van der Waals surface area contributed by atoms with Gasteiger partial charge in [0.05, 0.1) is 18.2 Å². The lowest BCUT2D eigenvalue weighted by Gasteiger charge is -2.29. The molecule has 1 saturated carbocycles. The zero-order valence-electron chi connectivity index (χ0n) is 16.2. The summed E-state index contributed by atoms with van der Waals surface area (Å²) >= 11 is 0. The van der Waals surface area contributed by atoms with Crippen molar-refractivity contribution in [2.45, 2.75) is 51.2 Å². The number of ether oxygens (including phenoxy) is 2. The third kappa shape index (κ3) is 4.11. The number of hydrogen-bond acceptors (Lipinski definition) is 5. The SMILES string of the molecule is CCC1CNc2ccc(C3=CC=C(OC4CCC(C(=O)O)CC4)NC3)cc2O1. The van der Waals surface area contributed by atoms with Crippen LogP contribution in [0.5, 0.6) is 5.75 Å². The first-order chi connectivity index (χ1) is 13.6. The second-order valence-electron chi connectivity index (χ2n) is 7.75. The van der Waals surface area contributed by atoms with E-state index in [0.717, 1.165) is 48.7 Å². The van der Waals surface area contributed by atoms with Crippen LogP contribution in [0.15, 0.2) is 36.2 Å². The Bertz CT molecular complexity index is 794. The lowest BCUT2D eigenvalue weighted by molar-refractivity contribution is -0.143. The second-order valence-corrected chi connectivity index (χ2v) is 7.75. The maximum absolute atomic E-state index is 11.1. The lowest BCUT2D eigenvalue weighted by atomic mass is 9.87. The molecule has 150 valence electrons. The molecule has 6 heteroatoms. The van der Waals surface area contributed by atoms with Gasteiger partial charge in [0, 0.05) is 6.54 Å². The van der Waals surface area contributed by atoms with Gasteiger partial charge in [-0.05, 0) is 61.4 Å². The van der Waals surface area contributed by atoms with Crippen LogP contribution < -0.4 is 15.4 Å². The number of fused-ring (bicyclic) bond motifs is 1. The van der Waals surface area contributed by atoms with Gasteiger partial charge in [-0.3, -0.25) is 4.79 Å². The fraction of sp³-hybridized carbons (Fsp3) is 0.500. The van der Waals surface area contributed by atoms with Crippen molar-refractivity contribution in [1.82, 2.24) is 5.32 Å². The van der Waals surface area contributed by atoms with Gasteiger partial charge < -0.3 is 25.2 Å². The average Bonchev–Trinajstić information content (AvgIpc) is 2.74. The summed E-state index contributed by atoms with van der Waals surface area (Å²) in [7, 11) is 0. The minimum absolute atomic E-state index is 0.0958. The zero-order valence-corrected chi connectivity index (χ0v) is 16.2. The molecule has 1 aliphatic carbocycles. The number of carbonyl (C=O) groups is 1. The van der Waals surface area contributed by atoms with Crippen molar-refractivity contribution in [3.63, 3.8) is 0 Å². The van der Waals surface area contributed by atoms with Crippen LogP contribution in [0.3, 0.4) is 0 Å². The predicted octanol–water partition coefficient (Wildman–Crippen LogP) is 3.76. The van der Waals surface area contributed by atoms with E-state index < -0.39 is 5.97 Å². The topological polar surface area (TPSA) is 79.8 Å². The molecule has 4 rings (SSSR count). The predicted molar refractivity (Wildman–Crippen MR) is 108 cm³/mol. The molecule has 0 bridgehead atoms. The largest absolute Gasteiger partial charge is 0.486 e. The Hall–Kier alpha value is -2.63. The number of nitrogens with one attached hydrogen (secondary N) is 2. The Morgan fingerprint density at radius 2 is 2.04 bits per heavy atom. The van der Waals surface area contributed by atoms with Gasteiger partial charge in [0.1, 0.15) is 18.0 Å². The number of allylic oxidation sites excluding steroid dienone is 2. The van der Waals surface area contributed by atoms with Crippen LogP contribution in [0.25, 0.3) is 5.57 Å². The molecule has 0 spiro atoms. The van der Waals surface area contributed by atoms with Crippen LogP contribution in [0.1, 0.15) is 44.6 Å². The minimum Gasteiger partial charge on any atom is -0.486 e. The van der Waals surface area contributed by atoms with Gasteiger partial charge in [-0.2, -0.15) is 0 Å². The molecule has 0 radical (unpaired) electrons. The Morgan fingerprint density at radius 3 is 2.71 bits per heavy atom. The highest BCUT2D eigenvalue weighted by Crippen LogP contribution is 2.33. The number of carboxylic acid groups (broad SMARTS) is 1. The molecular formula is C22H28N2O4. The van der Waals surface area contributed by atoms with Crippen molar-refractivity contribution < 1.29 is 19.4 Å². The van der Waals surface area contributed by atoms with Crippen LogP contribution in [-0.4, -0.2) is 36.4 Å². The maximum Gasteiger partial charge on any atom is 0.306 e. The molecule has 0 aromatic heterocycles. The molecule has 1 aromatic rings. The summed E-state index contributed by atoms with van der Waals surface area (Å²) in [4.78, 5) is 11.1. The van der Waals surface area contributed by atoms with Crippen molar-refractivity contribution >= 4 is 17.2 Å². The van der Waals surface area contributed by atoms with Gasteiger partial charge in [-0.15, -0.1) is 0 Å². The molecular weight excluding hydrogens is 356 g/mol. The molecule has 1 aromatic carbocycles. The smallest absolute Gasteiger partial charge is 0.306 e. The molecule has 6 nitrogen and oxygen atoms in total. The molecule has 3 N–H and O–H groups in total. The highest BCUT2D eigenvalue weighted by molar-refractivity contribution is 5.74. The lowest BCUT2D eigenvalue weighted by Crippen LogP contribution is -2.30. The molecule has 0 saturated heterocycles. The fourth-order valence-electron chi connectivity index (χ4n) is 4.00. The summed E-state index contributed by atoms with van der Waals surface area (Å²) in [6.45, 7) is 3.68. The Kier molecular flexibility index (Phi) is 5.46. The first kappa shape index (κ1) is 18.7. The Morgan fingerprint density at radius 1 is 1.21 bits per heavy atom. The second kappa shape index (κ2) is 8.17. The highest BCUT2D eigenvalue weighted by atomic mass is 16.5. The number of dihydropyridines is 1. The van der Waals surface area contributed by atoms with E-state index in [9.17, 15) is 4.79 Å². The summed E-state index contributed by atoms with van der Waals surface area (Å²) in [5.41, 5.74) is 3.38. The van der Waals surface area contributed by atoms with Crippen LogP contribution in [0, 0.1) is 5.92 Å². The van der Waals surface area contributed by atoms with E-state index in [2.05, 4.69) is 41.8 Å². The number of carboxylic acids is 1. The third-order valence-corrected chi connectivity index (χ3v) is 5.83. The van der Waals surface area contributed by atoms with Gasteiger partial charge >= 0.3 is 5.97 Å². The van der Waals surface area contributed by atoms with E-state index in [1.165, 1.54) is 5.57 Å². The molecule has 1 atom stereocenters. The number of hydrogen-bond donors (Lipinski definition) is 3. The van der Waals surface area contributed by atoms with Gasteiger partial charge in [0.15, 0.2) is 5.88 Å². The summed E-state index contributed by atoms with van der Waals surface area (Å²) in [6.07, 6.45) is 8.32. The van der Waals surface area contributed by atoms with E-state index in [0.29, 0.717) is 19.4 Å². The quantitative estimate of drug-likeness (QED) is 0.717. The molecule has 3 aliphatic rings. The van der Waals surface area contributed by atoms with Crippen LogP contribution in [-0.2, 0) is 9.53 Å². The van der Waals surface area contributed by atoms with Crippen molar-refractivity contribution in [3.8, 4) is 5.75 Å². The monoisotopic (exact) mass is 384 g/mol. The van der Waals surface area contributed by atoms with E-state index in [-0.39, 0.29) is 18.1 Å². The minimum atomic E-state index is -0.685. The van der Waals surface area contributed by atoms with E-state index in [1.54, 1.807) is 0 Å². The van der Waals surface area contributed by atoms with Gasteiger partial charge in [-0.1, -0.05) is 19.1 Å². The summed E-state index contributed by atoms with van der Waals surface area (Å²) in [6, 6.07) is 6.29. The van der Waals surface area contributed by atoms with Crippen molar-refractivity contribution in [2.75, 3.05) is 18.4 Å². The van der Waals surface area contributed by atoms with Gasteiger partial charge in [0.2, 0.25) is 0 Å². The number of anilines is 1. The standard InChI is InChI=1S/C22H28N2O4/c1-2-17-13-23-19-9-5-15(11-20(19)27-17)16-6-10-21(24-12-16)28-18-7-3-14(4-8-18)22(25)26/h5-6,9-11,14,17-18,23-24H,2-4,7-8,12-13H2,1H3,(H,25,26). The van der Waals surface area contributed by atoms with Gasteiger partial charge in [0.25, 0.3) is 0 Å². The summed E-state index contributed by atoms with van der Waals surface area (Å²) in [5, 5.41) is 15.9. The molecule has 1 fully saturated rings. The average molecular weight is 384 g/mol. The summed E-state index contributed by atoms with van der Waals surface area (Å²) in [5.74, 6) is 0.783. The normalized spacial score (nSPS) is 26.5. The van der Waals surface area contributed by atoms with Crippen molar-refractivity contribution in [1.29, 1.82) is 0 Å². The maximum atomic E-state index is 11.1. The first-order valence-corrected chi connectivity index (χ1v) is 10.2. The molecule has 2 heterocycles. The van der Waals surface area contributed by atoms with E-state index in [4.69, 9.17) is 14.6 Å². The fourth-order valence-corrected chi connectivity index (χ4v) is 4.00. The van der Waals surface area contributed by atoms with Crippen LogP contribution in [0.2, 0.25) is 0 Å². The first-order valence-electron chi connectivity index (χ1n) is 10.2.